The van der Waals surface area contributed by atoms with Gasteiger partial charge < -0.3 is 5.11 Å². The molecule has 5 rings (SSSR count). The number of carbonyl (C=O) groups is 2. The van der Waals surface area contributed by atoms with Crippen molar-refractivity contribution in [3.63, 3.8) is 0 Å². The van der Waals surface area contributed by atoms with Crippen molar-refractivity contribution in [1.29, 1.82) is 0 Å². The zero-order valence-electron chi connectivity index (χ0n) is 19.8. The first kappa shape index (κ1) is 24.2. The number of ketones is 1. The molecule has 0 saturated carbocycles. The molecule has 5 nitrogen and oxygen atoms in total. The zero-order valence-corrected chi connectivity index (χ0v) is 21.3. The number of fused-ring (bicyclic) bond motifs is 1. The first-order chi connectivity index (χ1) is 17.0. The monoisotopic (exact) mass is 520 g/mol. The third-order valence-corrected chi connectivity index (χ3v) is 7.47. The number of Topliss-reactive ketones (excluding diaryl/α,β-unsaturated/α-hetero) is 1. The highest BCUT2D eigenvalue weighted by Gasteiger charge is 2.48. The van der Waals surface area contributed by atoms with Crippen molar-refractivity contribution in [1.82, 2.24) is 4.98 Å². The van der Waals surface area contributed by atoms with Gasteiger partial charge in [-0.05, 0) is 59.0 Å². The summed E-state index contributed by atoms with van der Waals surface area (Å²) in [6, 6.07) is 17.2. The van der Waals surface area contributed by atoms with E-state index >= 15 is 0 Å². The van der Waals surface area contributed by atoms with E-state index in [2.05, 4.69) is 25.8 Å². The summed E-state index contributed by atoms with van der Waals surface area (Å²) in [5, 5.41) is 11.9. The third kappa shape index (κ3) is 4.18. The Labute approximate surface area is 216 Å². The van der Waals surface area contributed by atoms with Gasteiger partial charge in [0.1, 0.15) is 11.6 Å². The molecule has 0 bridgehead atoms. The summed E-state index contributed by atoms with van der Waals surface area (Å²) in [7, 11) is 0. The van der Waals surface area contributed by atoms with Gasteiger partial charge in [0.15, 0.2) is 5.13 Å². The van der Waals surface area contributed by atoms with Crippen molar-refractivity contribution in [3.8, 4) is 0 Å². The van der Waals surface area contributed by atoms with E-state index in [0.717, 1.165) is 16.9 Å². The van der Waals surface area contributed by atoms with Gasteiger partial charge in [0.25, 0.3) is 5.78 Å². The Morgan fingerprint density at radius 3 is 2.33 bits per heavy atom. The lowest BCUT2D eigenvalue weighted by Crippen LogP contribution is -2.29. The molecule has 1 fully saturated rings. The van der Waals surface area contributed by atoms with Gasteiger partial charge >= 0.3 is 5.91 Å². The molecule has 36 heavy (non-hydrogen) atoms. The number of nitrogens with zero attached hydrogens (tertiary/aromatic N) is 2. The quantitative estimate of drug-likeness (QED) is 0.179. The fourth-order valence-electron chi connectivity index (χ4n) is 4.26. The van der Waals surface area contributed by atoms with E-state index in [1.54, 1.807) is 24.3 Å². The fourth-order valence-corrected chi connectivity index (χ4v) is 5.41. The van der Waals surface area contributed by atoms with Crippen molar-refractivity contribution in [2.45, 2.75) is 32.2 Å². The summed E-state index contributed by atoms with van der Waals surface area (Å²) in [5.41, 5.74) is 2.45. The molecular formula is C28H22ClFN2O3S. The van der Waals surface area contributed by atoms with Gasteiger partial charge in [0.05, 0.1) is 21.8 Å². The molecule has 0 unspecified atom stereocenters. The molecule has 1 aliphatic rings. The third-order valence-electron chi connectivity index (χ3n) is 6.20. The van der Waals surface area contributed by atoms with Crippen molar-refractivity contribution in [2.24, 2.45) is 0 Å². The Morgan fingerprint density at radius 1 is 1.03 bits per heavy atom. The summed E-state index contributed by atoms with van der Waals surface area (Å²) >= 11 is 7.11. The van der Waals surface area contributed by atoms with Crippen molar-refractivity contribution in [2.75, 3.05) is 4.90 Å². The van der Waals surface area contributed by atoms with Gasteiger partial charge in [0, 0.05) is 10.6 Å². The van der Waals surface area contributed by atoms with E-state index in [1.165, 1.54) is 23.1 Å². The molecular weight excluding hydrogens is 499 g/mol. The number of aliphatic hydroxyl groups is 1. The smallest absolute Gasteiger partial charge is 0.301 e. The maximum absolute atomic E-state index is 13.8. The molecule has 1 amide bonds. The van der Waals surface area contributed by atoms with E-state index in [4.69, 9.17) is 11.6 Å². The van der Waals surface area contributed by atoms with Crippen molar-refractivity contribution < 1.29 is 19.1 Å². The van der Waals surface area contributed by atoms with Gasteiger partial charge in [-0.3, -0.25) is 14.5 Å². The molecule has 1 atom stereocenters. The Morgan fingerprint density at radius 2 is 1.69 bits per heavy atom. The number of carbonyl (C=O) groups excluding carboxylic acids is 2. The maximum Gasteiger partial charge on any atom is 0.301 e. The molecule has 182 valence electrons. The van der Waals surface area contributed by atoms with Crippen LogP contribution in [0.4, 0.5) is 9.52 Å². The average molecular weight is 521 g/mol. The summed E-state index contributed by atoms with van der Waals surface area (Å²) in [5.74, 6) is -2.35. The molecule has 3 aromatic carbocycles. The van der Waals surface area contributed by atoms with Crippen LogP contribution in [-0.4, -0.2) is 21.8 Å². The molecule has 4 aromatic rings. The molecule has 0 radical (unpaired) electrons. The molecule has 1 aliphatic heterocycles. The molecule has 2 heterocycles. The summed E-state index contributed by atoms with van der Waals surface area (Å²) < 4.78 is 14.4. The predicted octanol–water partition coefficient (Wildman–Crippen LogP) is 7.01. The topological polar surface area (TPSA) is 70.5 Å². The van der Waals surface area contributed by atoms with E-state index in [9.17, 15) is 19.1 Å². The SMILES string of the molecule is CC(C)(C)c1ccc([C@H]2C(=C(O)c3ccc(Cl)cc3)C(=O)C(=O)N2c2nc3ccc(F)cc3s2)cc1. The van der Waals surface area contributed by atoms with Gasteiger partial charge in [-0.1, -0.05) is 68.0 Å². The number of benzene rings is 3. The highest BCUT2D eigenvalue weighted by molar-refractivity contribution is 7.22. The first-order valence-electron chi connectivity index (χ1n) is 11.3. The normalized spacial score (nSPS) is 17.8. The summed E-state index contributed by atoms with van der Waals surface area (Å²) in [6.45, 7) is 6.28. The van der Waals surface area contributed by atoms with E-state index in [-0.39, 0.29) is 21.9 Å². The van der Waals surface area contributed by atoms with Crippen molar-refractivity contribution >= 4 is 55.7 Å². The van der Waals surface area contributed by atoms with E-state index < -0.39 is 23.5 Å². The highest BCUT2D eigenvalue weighted by atomic mass is 35.5. The maximum atomic E-state index is 13.8. The minimum Gasteiger partial charge on any atom is -0.507 e. The largest absolute Gasteiger partial charge is 0.507 e. The van der Waals surface area contributed by atoms with Crippen LogP contribution in [0.3, 0.4) is 0 Å². The number of aliphatic hydroxyl groups excluding tert-OH is 1. The second-order valence-electron chi connectivity index (χ2n) is 9.66. The number of amides is 1. The van der Waals surface area contributed by atoms with E-state index in [1.807, 2.05) is 24.3 Å². The van der Waals surface area contributed by atoms with E-state index in [0.29, 0.717) is 26.4 Å². The van der Waals surface area contributed by atoms with Crippen LogP contribution >= 0.6 is 22.9 Å². The Bertz CT molecular complexity index is 1540. The molecule has 1 saturated heterocycles. The minimum atomic E-state index is -0.917. The van der Waals surface area contributed by atoms with Crippen LogP contribution in [0.15, 0.2) is 72.3 Å². The molecule has 8 heteroatoms. The van der Waals surface area contributed by atoms with Gasteiger partial charge in [-0.2, -0.15) is 0 Å². The Kier molecular flexibility index (Phi) is 5.93. The lowest BCUT2D eigenvalue weighted by Gasteiger charge is -2.24. The number of hydrogen-bond acceptors (Lipinski definition) is 5. The van der Waals surface area contributed by atoms with Gasteiger partial charge in [-0.15, -0.1) is 0 Å². The first-order valence-corrected chi connectivity index (χ1v) is 12.5. The Hall–Kier alpha value is -3.55. The second-order valence-corrected chi connectivity index (χ2v) is 11.1. The minimum absolute atomic E-state index is 0.0451. The summed E-state index contributed by atoms with van der Waals surface area (Å²) in [6.07, 6.45) is 0. The van der Waals surface area contributed by atoms with Crippen LogP contribution < -0.4 is 4.90 Å². The number of halogens is 2. The number of anilines is 1. The standard InChI is InChI=1S/C28H22ClFN2O3S/c1-28(2,3)17-8-4-15(5-9-17)23-22(24(33)16-6-10-18(29)11-7-16)25(34)26(35)32(23)27-31-20-13-12-19(30)14-21(20)36-27/h4-14,23,33H,1-3H3/t23-/m0/s1. The van der Waals surface area contributed by atoms with Crippen LogP contribution in [0.1, 0.15) is 43.5 Å². The lowest BCUT2D eigenvalue weighted by molar-refractivity contribution is -0.132. The van der Waals surface area contributed by atoms with Crippen LogP contribution in [0, 0.1) is 5.82 Å². The van der Waals surface area contributed by atoms with Crippen LogP contribution in [0.5, 0.6) is 0 Å². The van der Waals surface area contributed by atoms with Crippen LogP contribution in [0.25, 0.3) is 16.0 Å². The molecule has 1 N–H and O–H groups in total. The van der Waals surface area contributed by atoms with Crippen LogP contribution in [0.2, 0.25) is 5.02 Å². The predicted molar refractivity (Wildman–Crippen MR) is 141 cm³/mol. The molecule has 0 spiro atoms. The van der Waals surface area contributed by atoms with Crippen LogP contribution in [-0.2, 0) is 15.0 Å². The summed E-state index contributed by atoms with van der Waals surface area (Å²) in [4.78, 5) is 32.5. The zero-order chi connectivity index (χ0) is 25.8. The molecule has 0 aliphatic carbocycles. The molecule has 1 aromatic heterocycles. The highest BCUT2D eigenvalue weighted by Crippen LogP contribution is 2.44. The number of hydrogen-bond donors (Lipinski definition) is 1. The Balaban J connectivity index is 1.71. The second kappa shape index (κ2) is 8.84. The lowest BCUT2D eigenvalue weighted by atomic mass is 9.85. The van der Waals surface area contributed by atoms with Gasteiger partial charge in [0.2, 0.25) is 0 Å². The fraction of sp³-hybridized carbons (Fsp3) is 0.179. The van der Waals surface area contributed by atoms with Crippen molar-refractivity contribution in [3.05, 3.63) is 99.8 Å². The number of thiazole rings is 1. The number of aromatic nitrogens is 1. The van der Waals surface area contributed by atoms with Gasteiger partial charge in [-0.25, -0.2) is 9.37 Å². The average Bonchev–Trinajstić information content (AvgIpc) is 3.36. The number of rotatable bonds is 3.